The second-order valence-corrected chi connectivity index (χ2v) is 9.47. The van der Waals surface area contributed by atoms with Crippen molar-refractivity contribution in [2.45, 2.75) is 116 Å². The van der Waals surface area contributed by atoms with E-state index < -0.39 is 41.3 Å². The standard InChI is InChI=1S/C23H41F3O6/c1-8-30-22(6,7)19(28)32-20(2,3)15-17-31-21(4,5)18(27)29-16-13-11-9-10-12-14-23(24,25)26/h8-17H2,1-7H3. The van der Waals surface area contributed by atoms with Crippen LogP contribution in [0.3, 0.4) is 0 Å². The van der Waals surface area contributed by atoms with Gasteiger partial charge in [0.2, 0.25) is 0 Å². The average Bonchev–Trinajstić information content (AvgIpc) is 2.61. The number of carbonyl (C=O) groups excluding carboxylic acids is 2. The van der Waals surface area contributed by atoms with Crippen LogP contribution in [0, 0.1) is 0 Å². The number of hydrogen-bond acceptors (Lipinski definition) is 6. The van der Waals surface area contributed by atoms with Gasteiger partial charge in [-0.1, -0.05) is 19.3 Å². The Morgan fingerprint density at radius 1 is 0.688 bits per heavy atom. The molecule has 0 amide bonds. The maximum atomic E-state index is 12.3. The number of rotatable bonds is 16. The van der Waals surface area contributed by atoms with Crippen molar-refractivity contribution < 1.29 is 41.7 Å². The van der Waals surface area contributed by atoms with Gasteiger partial charge in [0.15, 0.2) is 11.2 Å². The van der Waals surface area contributed by atoms with Crippen LogP contribution in [-0.4, -0.2) is 54.7 Å². The Kier molecular flexibility index (Phi) is 12.8. The Balaban J connectivity index is 4.18. The van der Waals surface area contributed by atoms with E-state index >= 15 is 0 Å². The molecule has 0 heterocycles. The van der Waals surface area contributed by atoms with E-state index in [1.54, 1.807) is 48.5 Å². The lowest BCUT2D eigenvalue weighted by atomic mass is 10.0. The van der Waals surface area contributed by atoms with Crippen molar-refractivity contribution in [1.29, 1.82) is 0 Å². The minimum absolute atomic E-state index is 0.124. The maximum Gasteiger partial charge on any atom is 0.389 e. The number of unbranched alkanes of at least 4 members (excludes halogenated alkanes) is 4. The molecule has 0 fully saturated rings. The maximum absolute atomic E-state index is 12.3. The zero-order valence-electron chi connectivity index (χ0n) is 20.7. The summed E-state index contributed by atoms with van der Waals surface area (Å²) in [6.45, 7) is 12.6. The fraction of sp³-hybridized carbons (Fsp3) is 0.913. The zero-order chi connectivity index (χ0) is 25.1. The molecule has 0 rings (SSSR count). The third kappa shape index (κ3) is 13.9. The van der Waals surface area contributed by atoms with Crippen molar-refractivity contribution in [3.05, 3.63) is 0 Å². The number of halogens is 3. The van der Waals surface area contributed by atoms with Crippen LogP contribution in [0.2, 0.25) is 0 Å². The van der Waals surface area contributed by atoms with Crippen molar-refractivity contribution in [3.63, 3.8) is 0 Å². The fourth-order valence-corrected chi connectivity index (χ4v) is 2.75. The molecule has 0 saturated carbocycles. The topological polar surface area (TPSA) is 71.1 Å². The van der Waals surface area contributed by atoms with Crippen molar-refractivity contribution in [3.8, 4) is 0 Å². The molecule has 0 saturated heterocycles. The van der Waals surface area contributed by atoms with Crippen LogP contribution in [0.4, 0.5) is 13.2 Å². The van der Waals surface area contributed by atoms with E-state index in [1.807, 2.05) is 0 Å². The Bertz CT molecular complexity index is 571. The average molecular weight is 471 g/mol. The Labute approximate surface area is 190 Å². The second-order valence-electron chi connectivity index (χ2n) is 9.47. The van der Waals surface area contributed by atoms with Crippen molar-refractivity contribution in [2.75, 3.05) is 19.8 Å². The van der Waals surface area contributed by atoms with Crippen LogP contribution in [-0.2, 0) is 28.5 Å². The molecule has 0 aliphatic carbocycles. The molecule has 0 aliphatic heterocycles. The number of ether oxygens (including phenoxy) is 4. The van der Waals surface area contributed by atoms with E-state index in [0.29, 0.717) is 38.7 Å². The molecule has 0 spiro atoms. The molecular formula is C23H41F3O6. The molecular weight excluding hydrogens is 429 g/mol. The molecule has 0 bridgehead atoms. The van der Waals surface area contributed by atoms with Gasteiger partial charge in [-0.15, -0.1) is 0 Å². The molecule has 0 aromatic carbocycles. The van der Waals surface area contributed by atoms with Gasteiger partial charge in [0.1, 0.15) is 5.60 Å². The van der Waals surface area contributed by atoms with E-state index in [9.17, 15) is 22.8 Å². The van der Waals surface area contributed by atoms with Crippen molar-refractivity contribution in [2.24, 2.45) is 0 Å². The van der Waals surface area contributed by atoms with Crippen LogP contribution in [0.25, 0.3) is 0 Å². The Hall–Kier alpha value is -1.35. The molecule has 0 unspecified atom stereocenters. The molecule has 0 aliphatic rings. The van der Waals surface area contributed by atoms with Gasteiger partial charge in [-0.25, -0.2) is 9.59 Å². The van der Waals surface area contributed by atoms with Gasteiger partial charge in [-0.2, -0.15) is 13.2 Å². The van der Waals surface area contributed by atoms with Gasteiger partial charge in [0.05, 0.1) is 13.2 Å². The number of carbonyl (C=O) groups is 2. The summed E-state index contributed by atoms with van der Waals surface area (Å²) in [6.07, 6.45) is -1.90. The zero-order valence-corrected chi connectivity index (χ0v) is 20.7. The van der Waals surface area contributed by atoms with Crippen LogP contribution in [0.1, 0.15) is 93.4 Å². The van der Waals surface area contributed by atoms with E-state index in [0.717, 1.165) is 0 Å². The lowest BCUT2D eigenvalue weighted by Gasteiger charge is -2.32. The highest BCUT2D eigenvalue weighted by Gasteiger charge is 2.36. The molecule has 190 valence electrons. The first-order valence-corrected chi connectivity index (χ1v) is 11.3. The lowest BCUT2D eigenvalue weighted by Crippen LogP contribution is -2.43. The highest BCUT2D eigenvalue weighted by atomic mass is 19.4. The van der Waals surface area contributed by atoms with Gasteiger partial charge in [0.25, 0.3) is 0 Å². The van der Waals surface area contributed by atoms with Crippen LogP contribution >= 0.6 is 0 Å². The van der Waals surface area contributed by atoms with Gasteiger partial charge in [-0.3, -0.25) is 0 Å². The van der Waals surface area contributed by atoms with Gasteiger partial charge >= 0.3 is 18.1 Å². The third-order valence-corrected chi connectivity index (χ3v) is 4.86. The smallest absolute Gasteiger partial charge is 0.389 e. The van der Waals surface area contributed by atoms with Crippen LogP contribution in [0.5, 0.6) is 0 Å². The predicted octanol–water partition coefficient (Wildman–Crippen LogP) is 5.75. The first-order chi connectivity index (χ1) is 14.5. The summed E-state index contributed by atoms with van der Waals surface area (Å²) < 4.78 is 58.1. The summed E-state index contributed by atoms with van der Waals surface area (Å²) in [7, 11) is 0. The van der Waals surface area contributed by atoms with E-state index in [2.05, 4.69) is 0 Å². The fourth-order valence-electron chi connectivity index (χ4n) is 2.75. The molecule has 9 heteroatoms. The van der Waals surface area contributed by atoms with E-state index in [1.165, 1.54) is 0 Å². The Morgan fingerprint density at radius 2 is 1.22 bits per heavy atom. The third-order valence-electron chi connectivity index (χ3n) is 4.86. The molecule has 0 aromatic rings. The summed E-state index contributed by atoms with van der Waals surface area (Å²) in [5.41, 5.74) is -3.02. The van der Waals surface area contributed by atoms with E-state index in [-0.39, 0.29) is 19.6 Å². The summed E-state index contributed by atoms with van der Waals surface area (Å²) in [5, 5.41) is 0. The number of alkyl halides is 3. The first kappa shape index (κ1) is 30.6. The molecule has 32 heavy (non-hydrogen) atoms. The normalized spacial score (nSPS) is 13.2. The summed E-state index contributed by atoms with van der Waals surface area (Å²) in [6, 6.07) is 0. The first-order valence-electron chi connectivity index (χ1n) is 11.3. The van der Waals surface area contributed by atoms with Crippen molar-refractivity contribution >= 4 is 11.9 Å². The molecule has 6 nitrogen and oxygen atoms in total. The number of hydrogen-bond donors (Lipinski definition) is 0. The minimum Gasteiger partial charge on any atom is -0.464 e. The van der Waals surface area contributed by atoms with Gasteiger partial charge in [0, 0.05) is 19.4 Å². The second kappa shape index (κ2) is 13.4. The minimum atomic E-state index is -4.10. The molecule has 0 aromatic heterocycles. The van der Waals surface area contributed by atoms with Crippen LogP contribution < -0.4 is 0 Å². The molecule has 0 atom stereocenters. The monoisotopic (exact) mass is 470 g/mol. The largest absolute Gasteiger partial charge is 0.464 e. The predicted molar refractivity (Wildman–Crippen MR) is 115 cm³/mol. The van der Waals surface area contributed by atoms with Gasteiger partial charge < -0.3 is 18.9 Å². The van der Waals surface area contributed by atoms with Gasteiger partial charge in [-0.05, 0) is 61.3 Å². The highest BCUT2D eigenvalue weighted by Crippen LogP contribution is 2.24. The van der Waals surface area contributed by atoms with Crippen LogP contribution in [0.15, 0.2) is 0 Å². The SMILES string of the molecule is CCOC(C)(C)C(=O)OC(C)(C)CCOC(C)(C)C(=O)OCCCCCCCC(F)(F)F. The quantitative estimate of drug-likeness (QED) is 0.211. The molecule has 0 radical (unpaired) electrons. The summed E-state index contributed by atoms with van der Waals surface area (Å²) in [4.78, 5) is 24.6. The van der Waals surface area contributed by atoms with E-state index in [4.69, 9.17) is 18.9 Å². The Morgan fingerprint density at radius 3 is 1.78 bits per heavy atom. The summed E-state index contributed by atoms with van der Waals surface area (Å²) in [5.74, 6) is -0.983. The van der Waals surface area contributed by atoms with Crippen molar-refractivity contribution in [1.82, 2.24) is 0 Å². The molecule has 0 N–H and O–H groups in total. The number of esters is 2. The summed E-state index contributed by atoms with van der Waals surface area (Å²) >= 11 is 0. The lowest BCUT2D eigenvalue weighted by molar-refractivity contribution is -0.185. The highest BCUT2D eigenvalue weighted by molar-refractivity contribution is 5.79.